The molecule has 2 aromatic carbocycles. The number of carbonyl (C=O) groups excluding carboxylic acids is 1. The Bertz CT molecular complexity index is 782. The van der Waals surface area contributed by atoms with Gasteiger partial charge in [-0.05, 0) is 23.6 Å². The number of hydrogen-bond acceptors (Lipinski definition) is 3. The van der Waals surface area contributed by atoms with Gasteiger partial charge in [0, 0.05) is 31.0 Å². The second kappa shape index (κ2) is 7.18. The number of carbonyl (C=O) groups is 1. The largest absolute Gasteiger partial charge is 0.325 e. The van der Waals surface area contributed by atoms with E-state index in [9.17, 15) is 9.18 Å². The van der Waals surface area contributed by atoms with Crippen LogP contribution in [0, 0.1) is 5.82 Å². The number of halogens is 1. The maximum Gasteiger partial charge on any atom is 0.237 e. The third kappa shape index (κ3) is 3.44. The second-order valence-corrected chi connectivity index (χ2v) is 7.75. The first kappa shape index (κ1) is 16.6. The van der Waals surface area contributed by atoms with Crippen LogP contribution in [0.1, 0.15) is 22.1 Å². The van der Waals surface area contributed by atoms with E-state index in [1.54, 1.807) is 23.9 Å². The van der Waals surface area contributed by atoms with Gasteiger partial charge in [-0.15, -0.1) is 11.8 Å². The summed E-state index contributed by atoms with van der Waals surface area (Å²) in [5.74, 6) is 0.720. The van der Waals surface area contributed by atoms with Crippen molar-refractivity contribution in [2.45, 2.75) is 18.3 Å². The Morgan fingerprint density at radius 1 is 1.08 bits per heavy atom. The first-order chi connectivity index (χ1) is 12.2. The van der Waals surface area contributed by atoms with Crippen molar-refractivity contribution in [2.75, 3.05) is 25.4 Å². The summed E-state index contributed by atoms with van der Waals surface area (Å²) in [7, 11) is 0. The van der Waals surface area contributed by atoms with Crippen LogP contribution in [0.15, 0.2) is 48.5 Å². The Morgan fingerprint density at radius 3 is 2.68 bits per heavy atom. The third-order valence-corrected chi connectivity index (χ3v) is 6.19. The highest BCUT2D eigenvalue weighted by atomic mass is 32.2. The Balaban J connectivity index is 1.45. The van der Waals surface area contributed by atoms with Gasteiger partial charge in [0.05, 0.1) is 6.54 Å². The molecule has 25 heavy (non-hydrogen) atoms. The Morgan fingerprint density at radius 2 is 1.84 bits per heavy atom. The standard InChI is InChI=1S/C20H21FN2OS/c21-18-8-4-3-7-17(18)20-23(11-12-25-20)19(24)14-22-10-9-15-5-1-2-6-16(15)13-22/h1-8,20H,9-14H2/t20-/m0/s1. The molecule has 0 spiro atoms. The van der Waals surface area contributed by atoms with Gasteiger partial charge < -0.3 is 4.90 Å². The van der Waals surface area contributed by atoms with Gasteiger partial charge in [0.15, 0.2) is 0 Å². The van der Waals surface area contributed by atoms with Gasteiger partial charge in [0.2, 0.25) is 5.91 Å². The topological polar surface area (TPSA) is 23.6 Å². The van der Waals surface area contributed by atoms with Crippen LogP contribution in [0.2, 0.25) is 0 Å². The molecule has 3 nitrogen and oxygen atoms in total. The van der Waals surface area contributed by atoms with Crippen molar-refractivity contribution >= 4 is 17.7 Å². The quantitative estimate of drug-likeness (QED) is 0.841. The summed E-state index contributed by atoms with van der Waals surface area (Å²) in [4.78, 5) is 16.9. The number of hydrogen-bond donors (Lipinski definition) is 0. The fourth-order valence-corrected chi connectivity index (χ4v) is 4.93. The maximum absolute atomic E-state index is 14.1. The predicted octanol–water partition coefficient (Wildman–Crippen LogP) is 3.46. The molecule has 0 aromatic heterocycles. The maximum atomic E-state index is 14.1. The van der Waals surface area contributed by atoms with Crippen LogP contribution in [0.3, 0.4) is 0 Å². The molecule has 2 heterocycles. The summed E-state index contributed by atoms with van der Waals surface area (Å²) in [5.41, 5.74) is 3.30. The molecule has 5 heteroatoms. The van der Waals surface area contributed by atoms with E-state index in [1.165, 1.54) is 17.2 Å². The molecule has 2 aromatic rings. The molecule has 1 fully saturated rings. The van der Waals surface area contributed by atoms with E-state index < -0.39 is 0 Å². The lowest BCUT2D eigenvalue weighted by Gasteiger charge is -2.31. The summed E-state index contributed by atoms with van der Waals surface area (Å²) in [6, 6.07) is 15.2. The highest BCUT2D eigenvalue weighted by molar-refractivity contribution is 7.99. The van der Waals surface area contributed by atoms with Crippen LogP contribution in [0.4, 0.5) is 4.39 Å². The van der Waals surface area contributed by atoms with Gasteiger partial charge in [-0.25, -0.2) is 4.39 Å². The lowest BCUT2D eigenvalue weighted by Crippen LogP contribution is -2.42. The fourth-order valence-electron chi connectivity index (χ4n) is 3.63. The lowest BCUT2D eigenvalue weighted by molar-refractivity contribution is -0.132. The van der Waals surface area contributed by atoms with Crippen LogP contribution in [0.25, 0.3) is 0 Å². The highest BCUT2D eigenvalue weighted by Gasteiger charge is 2.33. The predicted molar refractivity (Wildman–Crippen MR) is 98.7 cm³/mol. The molecule has 0 radical (unpaired) electrons. The van der Waals surface area contributed by atoms with Crippen LogP contribution in [-0.2, 0) is 17.8 Å². The molecule has 2 aliphatic heterocycles. The van der Waals surface area contributed by atoms with E-state index in [-0.39, 0.29) is 17.1 Å². The summed E-state index contributed by atoms with van der Waals surface area (Å²) < 4.78 is 14.1. The monoisotopic (exact) mass is 356 g/mol. The Hall–Kier alpha value is -1.85. The fraction of sp³-hybridized carbons (Fsp3) is 0.350. The molecule has 4 rings (SSSR count). The average molecular weight is 356 g/mol. The van der Waals surface area contributed by atoms with Crippen LogP contribution in [0.5, 0.6) is 0 Å². The zero-order valence-electron chi connectivity index (χ0n) is 14.0. The molecule has 0 saturated carbocycles. The van der Waals surface area contributed by atoms with E-state index in [4.69, 9.17) is 0 Å². The number of thioether (sulfide) groups is 1. The highest BCUT2D eigenvalue weighted by Crippen LogP contribution is 2.39. The lowest BCUT2D eigenvalue weighted by atomic mass is 10.00. The second-order valence-electron chi connectivity index (χ2n) is 6.56. The van der Waals surface area contributed by atoms with E-state index in [0.29, 0.717) is 18.7 Å². The minimum absolute atomic E-state index is 0.0950. The van der Waals surface area contributed by atoms with Gasteiger partial charge >= 0.3 is 0 Å². The van der Waals surface area contributed by atoms with Crippen LogP contribution in [-0.4, -0.2) is 41.1 Å². The molecule has 0 aliphatic carbocycles. The van der Waals surface area contributed by atoms with Crippen molar-refractivity contribution in [3.8, 4) is 0 Å². The molecule has 0 unspecified atom stereocenters. The van der Waals surface area contributed by atoms with Crippen LogP contribution >= 0.6 is 11.8 Å². The Kier molecular flexibility index (Phi) is 4.77. The minimum Gasteiger partial charge on any atom is -0.325 e. The van der Waals surface area contributed by atoms with Crippen LogP contribution < -0.4 is 0 Å². The zero-order valence-corrected chi connectivity index (χ0v) is 14.8. The molecule has 0 bridgehead atoms. The SMILES string of the molecule is O=C(CN1CCc2ccccc2C1)N1CCS[C@H]1c1ccccc1F. The van der Waals surface area contributed by atoms with Crippen molar-refractivity contribution in [1.29, 1.82) is 0 Å². The van der Waals surface area contributed by atoms with Gasteiger partial charge in [-0.2, -0.15) is 0 Å². The summed E-state index contributed by atoms with van der Waals surface area (Å²) >= 11 is 1.64. The number of nitrogens with zero attached hydrogens (tertiary/aromatic N) is 2. The van der Waals surface area contributed by atoms with Crippen molar-refractivity contribution in [2.24, 2.45) is 0 Å². The number of amides is 1. The van der Waals surface area contributed by atoms with Crippen molar-refractivity contribution in [3.05, 3.63) is 71.0 Å². The molecule has 1 saturated heterocycles. The van der Waals surface area contributed by atoms with Crippen molar-refractivity contribution in [3.63, 3.8) is 0 Å². The molecule has 1 atom stereocenters. The first-order valence-electron chi connectivity index (χ1n) is 8.67. The normalized spacial score (nSPS) is 20.5. The van der Waals surface area contributed by atoms with Gasteiger partial charge in [0.25, 0.3) is 0 Å². The average Bonchev–Trinajstić information content (AvgIpc) is 3.11. The van der Waals surface area contributed by atoms with Crippen molar-refractivity contribution in [1.82, 2.24) is 9.80 Å². The van der Waals surface area contributed by atoms with Gasteiger partial charge in [0.1, 0.15) is 11.2 Å². The molecular formula is C20H21FN2OS. The summed E-state index contributed by atoms with van der Waals surface area (Å²) in [5, 5.41) is -0.203. The third-order valence-electron chi connectivity index (χ3n) is 4.95. The summed E-state index contributed by atoms with van der Waals surface area (Å²) in [6.07, 6.45) is 0.981. The smallest absolute Gasteiger partial charge is 0.237 e. The van der Waals surface area contributed by atoms with E-state index in [0.717, 1.165) is 25.3 Å². The van der Waals surface area contributed by atoms with Gasteiger partial charge in [-0.1, -0.05) is 42.5 Å². The number of fused-ring (bicyclic) bond motifs is 1. The molecule has 0 N–H and O–H groups in total. The molecular weight excluding hydrogens is 335 g/mol. The van der Waals surface area contributed by atoms with E-state index in [1.807, 2.05) is 11.0 Å². The van der Waals surface area contributed by atoms with Gasteiger partial charge in [-0.3, -0.25) is 9.69 Å². The Labute approximate surface area is 151 Å². The molecule has 130 valence electrons. The minimum atomic E-state index is -0.230. The number of rotatable bonds is 3. The summed E-state index contributed by atoms with van der Waals surface area (Å²) in [6.45, 7) is 2.80. The first-order valence-corrected chi connectivity index (χ1v) is 9.72. The van der Waals surface area contributed by atoms with Crippen molar-refractivity contribution < 1.29 is 9.18 Å². The zero-order chi connectivity index (χ0) is 17.2. The van der Waals surface area contributed by atoms with E-state index in [2.05, 4.69) is 29.2 Å². The molecule has 2 aliphatic rings. The van der Waals surface area contributed by atoms with E-state index >= 15 is 0 Å². The molecule has 1 amide bonds. The number of benzene rings is 2.